The Hall–Kier alpha value is -0.950. The van der Waals surface area contributed by atoms with Crippen LogP contribution < -0.4 is 0 Å². The van der Waals surface area contributed by atoms with E-state index in [2.05, 4.69) is 13.8 Å². The van der Waals surface area contributed by atoms with Gasteiger partial charge in [-0.15, -0.1) is 24.3 Å². The molecule has 17 heavy (non-hydrogen) atoms. The van der Waals surface area contributed by atoms with Crippen molar-refractivity contribution in [2.24, 2.45) is 0 Å². The summed E-state index contributed by atoms with van der Waals surface area (Å²) in [5.41, 5.74) is 2.14. The van der Waals surface area contributed by atoms with Gasteiger partial charge in [-0.05, 0) is 0 Å². The molecule has 2 rings (SSSR count). The predicted molar refractivity (Wildman–Crippen MR) is 74.6 cm³/mol. The molecule has 0 aromatic heterocycles. The van der Waals surface area contributed by atoms with E-state index < -0.39 is 0 Å². The van der Waals surface area contributed by atoms with E-state index in [1.807, 2.05) is 60.7 Å². The van der Waals surface area contributed by atoms with Crippen LogP contribution in [0, 0.1) is 28.7 Å². The van der Waals surface area contributed by atoms with Gasteiger partial charge in [-0.2, -0.15) is 49.2 Å². The minimum Gasteiger partial charge on any atom is -0.358 e. The van der Waals surface area contributed by atoms with Crippen molar-refractivity contribution in [1.82, 2.24) is 0 Å². The van der Waals surface area contributed by atoms with Crippen LogP contribution in [0.3, 0.4) is 0 Å². The normalized spacial score (nSPS) is 7.06. The molecule has 0 aliphatic rings. The first-order valence-corrected chi connectivity index (χ1v) is 4.53. The SMILES string of the molecule is [CH2-]c1ccccc1.[CH2-]c1ccccc1.[CH3-].[CH3-].[Hf+4]. The molecular weight excluding hydrogens is 371 g/mol. The van der Waals surface area contributed by atoms with E-state index in [0.29, 0.717) is 0 Å². The second-order valence-corrected chi connectivity index (χ2v) is 2.97. The molecule has 0 N–H and O–H groups in total. The first kappa shape index (κ1) is 21.3. The molecule has 1 heteroatoms. The molecule has 2 aromatic carbocycles. The van der Waals surface area contributed by atoms with Crippen LogP contribution in [0.2, 0.25) is 0 Å². The number of benzene rings is 2. The van der Waals surface area contributed by atoms with Crippen LogP contribution >= 0.6 is 0 Å². The Bertz CT molecular complexity index is 303. The first-order valence-electron chi connectivity index (χ1n) is 4.53. The Balaban J connectivity index is -0.000000196. The third kappa shape index (κ3) is 11.3. The molecule has 0 atom stereocenters. The molecule has 88 valence electrons. The Morgan fingerprint density at radius 2 is 0.765 bits per heavy atom. The summed E-state index contributed by atoms with van der Waals surface area (Å²) in [6.07, 6.45) is 0. The van der Waals surface area contributed by atoms with Crippen molar-refractivity contribution in [1.29, 1.82) is 0 Å². The molecule has 0 amide bonds. The molecule has 0 unspecified atom stereocenters. The number of hydrogen-bond acceptors (Lipinski definition) is 0. The van der Waals surface area contributed by atoms with Gasteiger partial charge in [0, 0.05) is 0 Å². The average molecular weight is 391 g/mol. The zero-order valence-corrected chi connectivity index (χ0v) is 14.3. The van der Waals surface area contributed by atoms with E-state index in [9.17, 15) is 0 Å². The van der Waals surface area contributed by atoms with Gasteiger partial charge >= 0.3 is 25.8 Å². The van der Waals surface area contributed by atoms with E-state index in [0.717, 1.165) is 11.1 Å². The van der Waals surface area contributed by atoms with Crippen molar-refractivity contribution < 1.29 is 25.8 Å². The van der Waals surface area contributed by atoms with E-state index in [1.165, 1.54) is 0 Å². The van der Waals surface area contributed by atoms with Crippen molar-refractivity contribution in [3.63, 3.8) is 0 Å². The molecule has 0 aliphatic heterocycles. The standard InChI is InChI=1S/2C7H7.2CH3.Hf/c2*1-7-5-3-2-4-6-7;;;/h2*2-6H,1H2;2*1H3;/q4*-1;+4. The van der Waals surface area contributed by atoms with Crippen LogP contribution in [-0.2, 0) is 25.8 Å². The molecule has 0 radical (unpaired) electrons. The van der Waals surface area contributed by atoms with E-state index >= 15 is 0 Å². The van der Waals surface area contributed by atoms with Gasteiger partial charge in [0.05, 0.1) is 0 Å². The van der Waals surface area contributed by atoms with Gasteiger partial charge in [-0.1, -0.05) is 12.1 Å². The largest absolute Gasteiger partial charge is 4.00 e. The maximum Gasteiger partial charge on any atom is 4.00 e. The average Bonchev–Trinajstić information content (AvgIpc) is 2.21. The molecule has 0 spiro atoms. The first-order chi connectivity index (χ1) is 6.79. The molecule has 0 saturated carbocycles. The molecule has 2 aromatic rings. The summed E-state index contributed by atoms with van der Waals surface area (Å²) in [5, 5.41) is 0. The predicted octanol–water partition coefficient (Wildman–Crippen LogP) is 4.64. The quantitative estimate of drug-likeness (QED) is 0.454. The number of rotatable bonds is 0. The number of hydrogen-bond donors (Lipinski definition) is 0. The summed E-state index contributed by atoms with van der Waals surface area (Å²) in [5.74, 6) is 0. The van der Waals surface area contributed by atoms with Crippen molar-refractivity contribution in [3.05, 3.63) is 100 Å². The smallest absolute Gasteiger partial charge is 0.358 e. The molecule has 0 nitrogen and oxygen atoms in total. The van der Waals surface area contributed by atoms with Gasteiger partial charge in [-0.3, -0.25) is 0 Å². The maximum atomic E-state index is 3.72. The van der Waals surface area contributed by atoms with Crippen LogP contribution in [-0.4, -0.2) is 0 Å². The summed E-state index contributed by atoms with van der Waals surface area (Å²) < 4.78 is 0. The van der Waals surface area contributed by atoms with Crippen LogP contribution in [0.4, 0.5) is 0 Å². The molecule has 0 heterocycles. The van der Waals surface area contributed by atoms with Crippen molar-refractivity contribution in [2.75, 3.05) is 0 Å². The third-order valence-corrected chi connectivity index (χ3v) is 1.69. The van der Waals surface area contributed by atoms with E-state index in [-0.39, 0.29) is 40.7 Å². The van der Waals surface area contributed by atoms with E-state index in [1.54, 1.807) is 0 Å². The monoisotopic (exact) mass is 392 g/mol. The fourth-order valence-corrected chi connectivity index (χ4v) is 0.956. The van der Waals surface area contributed by atoms with Crippen LogP contribution in [0.5, 0.6) is 0 Å². The summed E-state index contributed by atoms with van der Waals surface area (Å²) >= 11 is 0. The molecule has 0 fully saturated rings. The zero-order chi connectivity index (χ0) is 10.2. The van der Waals surface area contributed by atoms with Crippen LogP contribution in [0.1, 0.15) is 11.1 Å². The molecule has 0 aliphatic carbocycles. The second-order valence-electron chi connectivity index (χ2n) is 2.97. The van der Waals surface area contributed by atoms with E-state index in [4.69, 9.17) is 0 Å². The van der Waals surface area contributed by atoms with Gasteiger partial charge in [0.1, 0.15) is 0 Å². The Kier molecular flexibility index (Phi) is 16.5. The minimum atomic E-state index is 0. The van der Waals surface area contributed by atoms with Gasteiger partial charge in [0.25, 0.3) is 0 Å². The Morgan fingerprint density at radius 1 is 0.529 bits per heavy atom. The Labute approximate surface area is 126 Å². The topological polar surface area (TPSA) is 0 Å². The molecule has 0 saturated heterocycles. The zero-order valence-electron chi connectivity index (χ0n) is 10.7. The summed E-state index contributed by atoms with van der Waals surface area (Å²) in [4.78, 5) is 0. The fraction of sp³-hybridized carbons (Fsp3) is 0. The van der Waals surface area contributed by atoms with Gasteiger partial charge in [0.15, 0.2) is 0 Å². The van der Waals surface area contributed by atoms with Crippen LogP contribution in [0.15, 0.2) is 60.7 Å². The van der Waals surface area contributed by atoms with Crippen molar-refractivity contribution in [2.45, 2.75) is 0 Å². The maximum absolute atomic E-state index is 3.72. The molecule has 0 bridgehead atoms. The van der Waals surface area contributed by atoms with Gasteiger partial charge in [-0.25, -0.2) is 0 Å². The van der Waals surface area contributed by atoms with Crippen molar-refractivity contribution in [3.8, 4) is 0 Å². The van der Waals surface area contributed by atoms with Crippen LogP contribution in [0.25, 0.3) is 0 Å². The van der Waals surface area contributed by atoms with Gasteiger partial charge in [0.2, 0.25) is 0 Å². The summed E-state index contributed by atoms with van der Waals surface area (Å²) in [6, 6.07) is 19.7. The Morgan fingerprint density at radius 3 is 0.882 bits per heavy atom. The van der Waals surface area contributed by atoms with Gasteiger partial charge < -0.3 is 14.9 Å². The summed E-state index contributed by atoms with van der Waals surface area (Å²) in [7, 11) is 0. The third-order valence-electron chi connectivity index (χ3n) is 1.69. The van der Waals surface area contributed by atoms with Crippen molar-refractivity contribution >= 4 is 0 Å². The summed E-state index contributed by atoms with van der Waals surface area (Å²) in [6.45, 7) is 7.44. The second kappa shape index (κ2) is 13.1. The fourth-order valence-electron chi connectivity index (χ4n) is 0.956. The molecular formula is C16H20Hf. The minimum absolute atomic E-state index is 0.